The Kier molecular flexibility index (Phi) is 5.45. The average molecular weight is 406 g/mol. The second kappa shape index (κ2) is 8.17. The van der Waals surface area contributed by atoms with Crippen molar-refractivity contribution in [3.8, 4) is 11.4 Å². The highest BCUT2D eigenvalue weighted by Crippen LogP contribution is 2.44. The number of nitrogens with one attached hydrogen (secondary N) is 1. The predicted molar refractivity (Wildman–Crippen MR) is 118 cm³/mol. The van der Waals surface area contributed by atoms with Gasteiger partial charge in [0.15, 0.2) is 0 Å². The number of carbonyl (C=O) groups excluding carboxylic acids is 1. The number of hydrogen-bond acceptors (Lipinski definition) is 4. The number of aromatic nitrogens is 2. The lowest BCUT2D eigenvalue weighted by atomic mass is 10.0. The first-order valence-electron chi connectivity index (χ1n) is 9.48. The first-order chi connectivity index (χ1) is 14.1. The second-order valence-electron chi connectivity index (χ2n) is 7.00. The highest BCUT2D eigenvalue weighted by atomic mass is 32.2. The van der Waals surface area contributed by atoms with E-state index in [1.54, 1.807) is 17.8 Å². The number of thioether (sulfide) groups is 1. The number of nitrogens with zero attached hydrogens (tertiary/aromatic N) is 2. The molecule has 1 aliphatic rings. The van der Waals surface area contributed by atoms with E-state index in [-0.39, 0.29) is 11.2 Å². The van der Waals surface area contributed by atoms with Crippen LogP contribution in [0.4, 0.5) is 5.82 Å². The van der Waals surface area contributed by atoms with Gasteiger partial charge in [-0.25, -0.2) is 4.68 Å². The van der Waals surface area contributed by atoms with Gasteiger partial charge in [0.2, 0.25) is 5.91 Å². The second-order valence-corrected chi connectivity index (χ2v) is 8.10. The van der Waals surface area contributed by atoms with E-state index >= 15 is 0 Å². The molecule has 148 valence electrons. The van der Waals surface area contributed by atoms with Gasteiger partial charge in [-0.05, 0) is 43.7 Å². The zero-order chi connectivity index (χ0) is 20.4. The molecular formula is C23H23N3O2S. The lowest BCUT2D eigenvalue weighted by Crippen LogP contribution is -2.15. The van der Waals surface area contributed by atoms with Gasteiger partial charge in [-0.15, -0.1) is 11.8 Å². The van der Waals surface area contributed by atoms with E-state index in [1.165, 1.54) is 5.56 Å². The standard InChI is InChI=1S/C23H23N3O2S/c1-4-13-28-19-11-7-17(8-12-19)22-21-16(3)25-26(18-9-5-15(2)6-10-18)23(21)24-20(27)14-29-22/h4-12,22H,1,13-14H2,2-3H3,(H,24,27)/t22-/m1/s1. The Hall–Kier alpha value is -2.99. The van der Waals surface area contributed by atoms with E-state index in [1.807, 2.05) is 48.0 Å². The first kappa shape index (κ1) is 19.3. The minimum absolute atomic E-state index is 0.0107. The molecule has 1 amide bonds. The third-order valence-corrected chi connectivity index (χ3v) is 6.11. The van der Waals surface area contributed by atoms with Gasteiger partial charge >= 0.3 is 0 Å². The topological polar surface area (TPSA) is 56.1 Å². The van der Waals surface area contributed by atoms with Gasteiger partial charge in [0.25, 0.3) is 0 Å². The molecule has 1 N–H and O–H groups in total. The molecule has 0 saturated heterocycles. The van der Waals surface area contributed by atoms with E-state index in [9.17, 15) is 4.79 Å². The predicted octanol–water partition coefficient (Wildman–Crippen LogP) is 4.83. The van der Waals surface area contributed by atoms with E-state index in [4.69, 9.17) is 9.84 Å². The summed E-state index contributed by atoms with van der Waals surface area (Å²) in [6.45, 7) is 8.20. The van der Waals surface area contributed by atoms with Gasteiger partial charge in [-0.3, -0.25) is 4.79 Å². The highest BCUT2D eigenvalue weighted by Gasteiger charge is 2.30. The molecule has 6 heteroatoms. The summed E-state index contributed by atoms with van der Waals surface area (Å²) in [4.78, 5) is 12.4. The van der Waals surface area contributed by atoms with Gasteiger partial charge in [0.1, 0.15) is 18.2 Å². The summed E-state index contributed by atoms with van der Waals surface area (Å²) in [5.74, 6) is 1.92. The van der Waals surface area contributed by atoms with Crippen molar-refractivity contribution in [3.63, 3.8) is 0 Å². The Morgan fingerprint density at radius 3 is 2.62 bits per heavy atom. The summed E-state index contributed by atoms with van der Waals surface area (Å²) in [6.07, 6.45) is 1.72. The van der Waals surface area contributed by atoms with Crippen LogP contribution in [-0.4, -0.2) is 28.0 Å². The molecule has 1 atom stereocenters. The largest absolute Gasteiger partial charge is 0.490 e. The number of fused-ring (bicyclic) bond motifs is 1. The zero-order valence-corrected chi connectivity index (χ0v) is 17.3. The van der Waals surface area contributed by atoms with Crippen LogP contribution >= 0.6 is 11.8 Å². The van der Waals surface area contributed by atoms with E-state index in [0.717, 1.165) is 34.1 Å². The van der Waals surface area contributed by atoms with Crippen LogP contribution in [-0.2, 0) is 4.79 Å². The molecule has 3 aromatic rings. The highest BCUT2D eigenvalue weighted by molar-refractivity contribution is 8.00. The molecule has 0 spiro atoms. The van der Waals surface area contributed by atoms with Gasteiger partial charge < -0.3 is 10.1 Å². The summed E-state index contributed by atoms with van der Waals surface area (Å²) in [5, 5.41) is 7.83. The number of aryl methyl sites for hydroxylation is 2. The summed E-state index contributed by atoms with van der Waals surface area (Å²) in [7, 11) is 0. The van der Waals surface area contributed by atoms with Crippen molar-refractivity contribution in [3.05, 3.63) is 83.6 Å². The molecular weight excluding hydrogens is 382 g/mol. The number of hydrogen-bond donors (Lipinski definition) is 1. The van der Waals surface area contributed by atoms with Gasteiger partial charge in [0.05, 0.1) is 22.4 Å². The Bertz CT molecular complexity index is 1040. The SMILES string of the molecule is C=CCOc1ccc([C@H]2SCC(=O)Nc3c2c(C)nn3-c2ccc(C)cc2)cc1. The lowest BCUT2D eigenvalue weighted by molar-refractivity contribution is -0.113. The Morgan fingerprint density at radius 2 is 1.93 bits per heavy atom. The van der Waals surface area contributed by atoms with Crippen molar-refractivity contribution in [2.24, 2.45) is 0 Å². The van der Waals surface area contributed by atoms with Crippen LogP contribution in [0.5, 0.6) is 5.75 Å². The lowest BCUT2D eigenvalue weighted by Gasteiger charge is -2.16. The minimum Gasteiger partial charge on any atom is -0.490 e. The Labute approximate surface area is 174 Å². The van der Waals surface area contributed by atoms with Crippen LogP contribution in [0.3, 0.4) is 0 Å². The van der Waals surface area contributed by atoms with Crippen molar-refractivity contribution < 1.29 is 9.53 Å². The summed E-state index contributed by atoms with van der Waals surface area (Å²) in [6, 6.07) is 16.2. The minimum atomic E-state index is -0.0158. The quantitative estimate of drug-likeness (QED) is 0.618. The van der Waals surface area contributed by atoms with Crippen LogP contribution in [0.1, 0.15) is 27.6 Å². The number of carbonyl (C=O) groups is 1. The maximum absolute atomic E-state index is 12.4. The smallest absolute Gasteiger partial charge is 0.235 e. The number of rotatable bonds is 5. The normalized spacial score (nSPS) is 15.9. The molecule has 5 nitrogen and oxygen atoms in total. The van der Waals surface area contributed by atoms with Crippen molar-refractivity contribution in [1.82, 2.24) is 9.78 Å². The number of anilines is 1. The van der Waals surface area contributed by atoms with Crippen molar-refractivity contribution in [1.29, 1.82) is 0 Å². The van der Waals surface area contributed by atoms with Gasteiger partial charge in [0, 0.05) is 5.56 Å². The molecule has 0 aliphatic carbocycles. The van der Waals surface area contributed by atoms with Crippen LogP contribution in [0, 0.1) is 13.8 Å². The van der Waals surface area contributed by atoms with Crippen LogP contribution < -0.4 is 10.1 Å². The molecule has 2 heterocycles. The monoisotopic (exact) mass is 405 g/mol. The summed E-state index contributed by atoms with van der Waals surface area (Å²) >= 11 is 1.61. The van der Waals surface area contributed by atoms with E-state index in [0.29, 0.717) is 12.4 Å². The number of ether oxygens (including phenoxy) is 1. The average Bonchev–Trinajstić information content (AvgIpc) is 2.93. The third kappa shape index (κ3) is 3.93. The van der Waals surface area contributed by atoms with Gasteiger partial charge in [-0.1, -0.05) is 42.5 Å². The van der Waals surface area contributed by atoms with Crippen LogP contribution in [0.2, 0.25) is 0 Å². The first-order valence-corrected chi connectivity index (χ1v) is 10.5. The maximum atomic E-state index is 12.4. The summed E-state index contributed by atoms with van der Waals surface area (Å²) in [5.41, 5.74) is 5.18. The fourth-order valence-electron chi connectivity index (χ4n) is 3.41. The molecule has 0 saturated carbocycles. The third-order valence-electron chi connectivity index (χ3n) is 4.84. The molecule has 1 aromatic heterocycles. The Morgan fingerprint density at radius 1 is 1.21 bits per heavy atom. The Balaban J connectivity index is 1.76. The molecule has 0 radical (unpaired) electrons. The molecule has 2 aromatic carbocycles. The zero-order valence-electron chi connectivity index (χ0n) is 16.5. The molecule has 29 heavy (non-hydrogen) atoms. The van der Waals surface area contributed by atoms with Crippen LogP contribution in [0.25, 0.3) is 5.69 Å². The molecule has 1 aliphatic heterocycles. The fraction of sp³-hybridized carbons (Fsp3) is 0.217. The van der Waals surface area contributed by atoms with Crippen molar-refractivity contribution >= 4 is 23.5 Å². The molecule has 4 rings (SSSR count). The fourth-order valence-corrected chi connectivity index (χ4v) is 4.60. The van der Waals surface area contributed by atoms with Gasteiger partial charge in [-0.2, -0.15) is 5.10 Å². The molecule has 0 fully saturated rings. The van der Waals surface area contributed by atoms with Crippen molar-refractivity contribution in [2.75, 3.05) is 17.7 Å². The maximum Gasteiger partial charge on any atom is 0.235 e. The number of amides is 1. The van der Waals surface area contributed by atoms with E-state index < -0.39 is 0 Å². The molecule has 0 bridgehead atoms. The molecule has 0 unspecified atom stereocenters. The summed E-state index contributed by atoms with van der Waals surface area (Å²) < 4.78 is 7.43. The van der Waals surface area contributed by atoms with E-state index in [2.05, 4.69) is 31.0 Å². The number of benzene rings is 2. The van der Waals surface area contributed by atoms with Crippen LogP contribution in [0.15, 0.2) is 61.2 Å². The van der Waals surface area contributed by atoms with Crippen molar-refractivity contribution in [2.45, 2.75) is 19.1 Å².